The Morgan fingerprint density at radius 3 is 3.08 bits per heavy atom. The summed E-state index contributed by atoms with van der Waals surface area (Å²) >= 11 is 0. The first-order valence-corrected chi connectivity index (χ1v) is 3.60. The molecule has 1 amide bonds. The number of nitrogens with zero attached hydrogens (tertiary/aromatic N) is 2. The molecule has 0 bridgehead atoms. The van der Waals surface area contributed by atoms with Crippen molar-refractivity contribution in [3.63, 3.8) is 0 Å². The smallest absolute Gasteiger partial charge is 0.251 e. The van der Waals surface area contributed by atoms with Gasteiger partial charge in [-0.3, -0.25) is 4.79 Å². The van der Waals surface area contributed by atoms with E-state index in [1.165, 1.54) is 0 Å². The molecule has 0 aromatic carbocycles. The van der Waals surface area contributed by atoms with Crippen molar-refractivity contribution in [2.24, 2.45) is 4.99 Å². The second-order valence-corrected chi connectivity index (χ2v) is 2.56. The lowest BCUT2D eigenvalue weighted by Crippen LogP contribution is -2.33. The van der Waals surface area contributed by atoms with Gasteiger partial charge in [0.15, 0.2) is 5.49 Å². The van der Waals surface area contributed by atoms with E-state index < -0.39 is 0 Å². The number of hydrogen-bond donors (Lipinski definition) is 1. The highest BCUT2D eigenvalue weighted by molar-refractivity contribution is 5.82. The zero-order valence-electron chi connectivity index (χ0n) is 6.32. The summed E-state index contributed by atoms with van der Waals surface area (Å²) in [5.41, 5.74) is 5.87. The van der Waals surface area contributed by atoms with Crippen LogP contribution in [0.3, 0.4) is 0 Å². The minimum atomic E-state index is -0.166. The maximum Gasteiger partial charge on any atom is 0.251 e. The van der Waals surface area contributed by atoms with Crippen LogP contribution in [0.1, 0.15) is 6.42 Å². The SMILES string of the molecule is Nc1ccc2c(n1)=NC(=O)CC=2. The number of rotatable bonds is 0. The van der Waals surface area contributed by atoms with Crippen molar-refractivity contribution in [1.82, 2.24) is 4.98 Å². The Bertz CT molecular complexity index is 450. The van der Waals surface area contributed by atoms with Crippen molar-refractivity contribution in [1.29, 1.82) is 0 Å². The van der Waals surface area contributed by atoms with E-state index in [9.17, 15) is 4.79 Å². The molecule has 1 aliphatic rings. The normalized spacial score (nSPS) is 14.5. The van der Waals surface area contributed by atoms with Gasteiger partial charge >= 0.3 is 0 Å². The molecule has 0 atom stereocenters. The molecule has 2 heterocycles. The van der Waals surface area contributed by atoms with Crippen LogP contribution < -0.4 is 16.4 Å². The molecule has 1 aromatic heterocycles. The largest absolute Gasteiger partial charge is 0.384 e. The molecule has 1 aromatic rings. The predicted molar refractivity (Wildman–Crippen MR) is 43.5 cm³/mol. The van der Waals surface area contributed by atoms with Crippen molar-refractivity contribution in [2.45, 2.75) is 6.42 Å². The number of aromatic nitrogens is 1. The minimum absolute atomic E-state index is 0.166. The van der Waals surface area contributed by atoms with Crippen molar-refractivity contribution < 1.29 is 4.79 Å². The molecular weight excluding hydrogens is 154 g/mol. The minimum Gasteiger partial charge on any atom is -0.384 e. The van der Waals surface area contributed by atoms with Crippen LogP contribution in [0.5, 0.6) is 0 Å². The fraction of sp³-hybridized carbons (Fsp3) is 0.125. The van der Waals surface area contributed by atoms with Crippen LogP contribution >= 0.6 is 0 Å². The van der Waals surface area contributed by atoms with E-state index in [4.69, 9.17) is 5.73 Å². The van der Waals surface area contributed by atoms with Gasteiger partial charge in [-0.15, -0.1) is 0 Å². The van der Waals surface area contributed by atoms with E-state index in [0.29, 0.717) is 17.7 Å². The second-order valence-electron chi connectivity index (χ2n) is 2.56. The average Bonchev–Trinajstić information content (AvgIpc) is 2.03. The number of carbonyl (C=O) groups is 1. The van der Waals surface area contributed by atoms with Crippen molar-refractivity contribution in [3.8, 4) is 0 Å². The molecule has 2 N–H and O–H groups in total. The summed E-state index contributed by atoms with van der Waals surface area (Å²) in [6.45, 7) is 0. The highest BCUT2D eigenvalue weighted by Crippen LogP contribution is 1.91. The van der Waals surface area contributed by atoms with E-state index in [-0.39, 0.29) is 5.91 Å². The third kappa shape index (κ3) is 1.07. The lowest BCUT2D eigenvalue weighted by molar-refractivity contribution is -0.117. The van der Waals surface area contributed by atoms with Gasteiger partial charge in [-0.25, -0.2) is 4.98 Å². The number of pyridine rings is 1. The number of nitrogen functional groups attached to an aromatic ring is 1. The number of hydrogen-bond acceptors (Lipinski definition) is 3. The first-order valence-electron chi connectivity index (χ1n) is 3.60. The summed E-state index contributed by atoms with van der Waals surface area (Å²) in [7, 11) is 0. The van der Waals surface area contributed by atoms with Crippen LogP contribution in [0.2, 0.25) is 0 Å². The summed E-state index contributed by atoms with van der Waals surface area (Å²) in [6, 6.07) is 3.51. The van der Waals surface area contributed by atoms with Crippen LogP contribution in [0, 0.1) is 0 Å². The monoisotopic (exact) mass is 161 g/mol. The van der Waals surface area contributed by atoms with Crippen molar-refractivity contribution in [2.75, 3.05) is 5.73 Å². The quantitative estimate of drug-likeness (QED) is 0.530. The molecule has 0 fully saturated rings. The summed E-state index contributed by atoms with van der Waals surface area (Å²) in [4.78, 5) is 18.5. The third-order valence-corrected chi connectivity index (χ3v) is 1.65. The molecule has 0 saturated heterocycles. The molecule has 0 radical (unpaired) electrons. The maximum atomic E-state index is 10.9. The standard InChI is InChI=1S/C8H7N3O/c9-6-3-1-5-2-4-7(12)11-8(5)10-6/h1-3H,4H2,(H2,9,10,11,12). The fourth-order valence-corrected chi connectivity index (χ4v) is 1.08. The highest BCUT2D eigenvalue weighted by Gasteiger charge is 2.02. The van der Waals surface area contributed by atoms with Crippen LogP contribution in [-0.2, 0) is 4.79 Å². The van der Waals surface area contributed by atoms with Gasteiger partial charge in [0.1, 0.15) is 5.82 Å². The van der Waals surface area contributed by atoms with E-state index in [1.807, 2.05) is 6.07 Å². The molecule has 2 rings (SSSR count). The van der Waals surface area contributed by atoms with Gasteiger partial charge in [0.2, 0.25) is 0 Å². The topological polar surface area (TPSA) is 68.3 Å². The fourth-order valence-electron chi connectivity index (χ4n) is 1.08. The van der Waals surface area contributed by atoms with Gasteiger partial charge in [0.05, 0.1) is 0 Å². The van der Waals surface area contributed by atoms with E-state index in [1.54, 1.807) is 12.1 Å². The summed E-state index contributed by atoms with van der Waals surface area (Å²) < 4.78 is 0. The van der Waals surface area contributed by atoms with Crippen molar-refractivity contribution in [3.05, 3.63) is 22.8 Å². The predicted octanol–water partition coefficient (Wildman–Crippen LogP) is -1.01. The Morgan fingerprint density at radius 2 is 2.25 bits per heavy atom. The number of anilines is 1. The number of amides is 1. The number of fused-ring (bicyclic) bond motifs is 1. The first-order chi connectivity index (χ1) is 5.75. The molecule has 4 heteroatoms. The van der Waals surface area contributed by atoms with Crippen LogP contribution in [-0.4, -0.2) is 10.9 Å². The maximum absolute atomic E-state index is 10.9. The van der Waals surface area contributed by atoms with Crippen LogP contribution in [0.15, 0.2) is 17.1 Å². The zero-order chi connectivity index (χ0) is 8.55. The molecule has 4 nitrogen and oxygen atoms in total. The Labute approximate surface area is 68.4 Å². The lowest BCUT2D eigenvalue weighted by atomic mass is 10.2. The second kappa shape index (κ2) is 2.41. The zero-order valence-corrected chi connectivity index (χ0v) is 6.32. The van der Waals surface area contributed by atoms with Crippen LogP contribution in [0.25, 0.3) is 6.08 Å². The van der Waals surface area contributed by atoms with Crippen molar-refractivity contribution >= 4 is 17.8 Å². The molecule has 0 saturated carbocycles. The molecule has 0 aliphatic carbocycles. The van der Waals surface area contributed by atoms with Gasteiger partial charge in [0, 0.05) is 11.6 Å². The lowest BCUT2D eigenvalue weighted by Gasteiger charge is -1.97. The number of carbonyl (C=O) groups excluding carboxylic acids is 1. The summed E-state index contributed by atoms with van der Waals surface area (Å²) in [6.07, 6.45) is 2.16. The Balaban J connectivity index is 2.81. The molecule has 12 heavy (non-hydrogen) atoms. The molecule has 0 unspecified atom stereocenters. The van der Waals surface area contributed by atoms with E-state index in [2.05, 4.69) is 9.98 Å². The van der Waals surface area contributed by atoms with Gasteiger partial charge in [-0.2, -0.15) is 4.99 Å². The first kappa shape index (κ1) is 6.97. The Kier molecular flexibility index (Phi) is 1.40. The molecular formula is C8H7N3O. The third-order valence-electron chi connectivity index (χ3n) is 1.65. The van der Waals surface area contributed by atoms with Crippen LogP contribution in [0.4, 0.5) is 5.82 Å². The highest BCUT2D eigenvalue weighted by atomic mass is 16.1. The summed E-state index contributed by atoms with van der Waals surface area (Å²) in [5, 5.41) is 0.879. The average molecular weight is 161 g/mol. The van der Waals surface area contributed by atoms with E-state index >= 15 is 0 Å². The van der Waals surface area contributed by atoms with Gasteiger partial charge in [-0.1, -0.05) is 6.08 Å². The van der Waals surface area contributed by atoms with Gasteiger partial charge in [0.25, 0.3) is 5.91 Å². The van der Waals surface area contributed by atoms with E-state index in [0.717, 1.165) is 5.22 Å². The Morgan fingerprint density at radius 1 is 1.42 bits per heavy atom. The van der Waals surface area contributed by atoms with Gasteiger partial charge in [-0.05, 0) is 12.1 Å². The summed E-state index contributed by atoms with van der Waals surface area (Å²) in [5.74, 6) is 0.223. The Hall–Kier alpha value is -1.71. The molecule has 60 valence electrons. The molecule has 1 aliphatic heterocycles. The molecule has 0 spiro atoms. The van der Waals surface area contributed by atoms with Gasteiger partial charge < -0.3 is 5.73 Å². The number of nitrogens with two attached hydrogens (primary N) is 1.